The Balaban J connectivity index is 2.00. The Kier molecular flexibility index (Phi) is 3.12. The van der Waals surface area contributed by atoms with E-state index in [9.17, 15) is 9.59 Å². The normalized spacial score (nSPS) is 10.7. The Labute approximate surface area is 120 Å². The largest absolute Gasteiger partial charge is 0.352 e. The third-order valence-corrected chi connectivity index (χ3v) is 3.34. The van der Waals surface area contributed by atoms with Crippen LogP contribution in [-0.2, 0) is 0 Å². The molecule has 0 aliphatic rings. The van der Waals surface area contributed by atoms with E-state index in [1.54, 1.807) is 24.3 Å². The maximum Gasteiger partial charge on any atom is 0.250 e. The van der Waals surface area contributed by atoms with Gasteiger partial charge in [-0.25, -0.2) is 0 Å². The van der Waals surface area contributed by atoms with Crippen LogP contribution in [0.15, 0.2) is 64.2 Å². The summed E-state index contributed by atoms with van der Waals surface area (Å²) >= 11 is 5.81. The number of anilines is 2. The lowest BCUT2D eigenvalue weighted by atomic mass is 9.98. The lowest BCUT2D eigenvalue weighted by Crippen LogP contribution is -2.35. The van der Waals surface area contributed by atoms with Gasteiger partial charge in [-0.3, -0.25) is 9.59 Å². The predicted molar refractivity (Wildman–Crippen MR) is 81.5 cm³/mol. The average Bonchev–Trinajstić information content (AvgIpc) is 2.49. The molecule has 0 unspecified atom stereocenters. The summed E-state index contributed by atoms with van der Waals surface area (Å²) in [6.45, 7) is 0. The number of benzene rings is 2. The fraction of sp³-hybridized carbons (Fsp3) is 0. The van der Waals surface area contributed by atoms with Crippen LogP contribution in [0.3, 0.4) is 0 Å². The molecule has 20 heavy (non-hydrogen) atoms. The minimum Gasteiger partial charge on any atom is -0.352 e. The quantitative estimate of drug-likeness (QED) is 0.750. The second-order valence-electron chi connectivity index (χ2n) is 4.41. The third-order valence-electron chi connectivity index (χ3n) is 3.09. The second kappa shape index (κ2) is 4.94. The summed E-state index contributed by atoms with van der Waals surface area (Å²) < 4.78 is 0. The topological polar surface area (TPSA) is 46.2 Å². The summed E-state index contributed by atoms with van der Waals surface area (Å²) in [4.78, 5) is 23.5. The molecule has 4 heteroatoms. The molecule has 98 valence electrons. The van der Waals surface area contributed by atoms with Crippen LogP contribution in [0.5, 0.6) is 0 Å². The summed E-state index contributed by atoms with van der Waals surface area (Å²) in [5.41, 5.74) is 1.30. The zero-order valence-corrected chi connectivity index (χ0v) is 11.1. The Bertz CT molecular complexity index is 816. The highest BCUT2D eigenvalue weighted by atomic mass is 35.5. The minimum absolute atomic E-state index is 0.337. The molecule has 3 aromatic rings. The fourth-order valence-corrected chi connectivity index (χ4v) is 2.19. The van der Waals surface area contributed by atoms with Crippen molar-refractivity contribution in [3.63, 3.8) is 0 Å². The Hall–Kier alpha value is -2.39. The zero-order valence-electron chi connectivity index (χ0n) is 10.4. The third kappa shape index (κ3) is 2.12. The van der Waals surface area contributed by atoms with Gasteiger partial charge in [0.25, 0.3) is 5.43 Å². The summed E-state index contributed by atoms with van der Waals surface area (Å²) in [6.07, 6.45) is 0. The van der Waals surface area contributed by atoms with Crippen molar-refractivity contribution < 1.29 is 0 Å². The molecule has 0 amide bonds. The molecule has 0 atom stereocenters. The molecule has 1 N–H and O–H groups in total. The fourth-order valence-electron chi connectivity index (χ4n) is 2.07. The van der Waals surface area contributed by atoms with Crippen molar-refractivity contribution >= 4 is 23.0 Å². The molecule has 0 heterocycles. The second-order valence-corrected chi connectivity index (χ2v) is 4.84. The number of rotatable bonds is 3. The lowest BCUT2D eigenvalue weighted by molar-refractivity contribution is 1.38. The van der Waals surface area contributed by atoms with Gasteiger partial charge in [-0.2, -0.15) is 0 Å². The van der Waals surface area contributed by atoms with E-state index >= 15 is 0 Å². The van der Waals surface area contributed by atoms with Crippen molar-refractivity contribution in [2.45, 2.75) is 0 Å². The zero-order chi connectivity index (χ0) is 14.1. The van der Waals surface area contributed by atoms with Crippen LogP contribution in [0.25, 0.3) is 11.1 Å². The number of hydrogen-bond acceptors (Lipinski definition) is 3. The molecular weight excluding hydrogens is 274 g/mol. The molecule has 0 saturated carbocycles. The van der Waals surface area contributed by atoms with Crippen LogP contribution in [-0.4, -0.2) is 0 Å². The highest BCUT2D eigenvalue weighted by molar-refractivity contribution is 6.30. The van der Waals surface area contributed by atoms with E-state index in [0.717, 1.165) is 11.3 Å². The van der Waals surface area contributed by atoms with Gasteiger partial charge in [-0.05, 0) is 29.8 Å². The molecule has 0 aliphatic carbocycles. The van der Waals surface area contributed by atoms with E-state index in [2.05, 4.69) is 5.32 Å². The molecule has 0 bridgehead atoms. The molecule has 0 aromatic heterocycles. The van der Waals surface area contributed by atoms with Crippen molar-refractivity contribution in [2.24, 2.45) is 0 Å². The van der Waals surface area contributed by atoms with Crippen molar-refractivity contribution in [1.29, 1.82) is 0 Å². The van der Waals surface area contributed by atoms with Crippen LogP contribution in [0.1, 0.15) is 0 Å². The van der Waals surface area contributed by atoms with E-state index in [1.165, 1.54) is 0 Å². The number of hydrogen-bond donors (Lipinski definition) is 1. The summed E-state index contributed by atoms with van der Waals surface area (Å²) in [5, 5.41) is 3.60. The van der Waals surface area contributed by atoms with E-state index in [1.807, 2.05) is 30.3 Å². The molecule has 0 fully saturated rings. The van der Waals surface area contributed by atoms with Gasteiger partial charge in [0.2, 0.25) is 5.43 Å². The van der Waals surface area contributed by atoms with Crippen molar-refractivity contribution in [3.05, 3.63) is 80.1 Å². The first-order chi connectivity index (χ1) is 9.66. The molecular formula is C16H10ClNO2. The summed E-state index contributed by atoms with van der Waals surface area (Å²) in [6, 6.07) is 16.1. The molecule has 3 nitrogen and oxygen atoms in total. The van der Waals surface area contributed by atoms with Crippen LogP contribution in [0.4, 0.5) is 11.4 Å². The smallest absolute Gasteiger partial charge is 0.250 e. The number of nitrogens with one attached hydrogen (secondary N) is 1. The SMILES string of the molecule is O=c1c(Nc2ccc(Cl)cc2)c(-c2ccccc2)c1=O. The van der Waals surface area contributed by atoms with Gasteiger partial charge in [-0.1, -0.05) is 41.9 Å². The van der Waals surface area contributed by atoms with Crippen LogP contribution in [0.2, 0.25) is 5.02 Å². The molecule has 0 aliphatic heterocycles. The van der Waals surface area contributed by atoms with E-state index < -0.39 is 10.9 Å². The Morgan fingerprint density at radius 3 is 2.10 bits per heavy atom. The van der Waals surface area contributed by atoms with Crippen molar-refractivity contribution in [3.8, 4) is 11.1 Å². The van der Waals surface area contributed by atoms with Gasteiger partial charge in [0.05, 0.1) is 5.56 Å². The molecule has 0 saturated heterocycles. The summed E-state index contributed by atoms with van der Waals surface area (Å²) in [7, 11) is 0. The maximum absolute atomic E-state index is 11.7. The van der Waals surface area contributed by atoms with E-state index in [-0.39, 0.29) is 0 Å². The first-order valence-corrected chi connectivity index (χ1v) is 6.46. The summed E-state index contributed by atoms with van der Waals surface area (Å²) in [5.74, 6) is 0. The first-order valence-electron chi connectivity index (χ1n) is 6.08. The molecule has 0 radical (unpaired) electrons. The number of halogens is 1. The van der Waals surface area contributed by atoms with Gasteiger partial charge in [0.1, 0.15) is 5.69 Å². The molecule has 3 rings (SSSR count). The standard InChI is InChI=1S/C16H10ClNO2/c17-11-6-8-12(9-7-11)18-14-13(15(19)16(14)20)10-4-2-1-3-5-10/h1-9,18H. The Morgan fingerprint density at radius 1 is 0.800 bits per heavy atom. The van der Waals surface area contributed by atoms with Gasteiger partial charge in [0, 0.05) is 10.7 Å². The van der Waals surface area contributed by atoms with Gasteiger partial charge >= 0.3 is 0 Å². The Morgan fingerprint density at radius 2 is 1.45 bits per heavy atom. The van der Waals surface area contributed by atoms with Crippen LogP contribution in [0, 0.1) is 0 Å². The maximum atomic E-state index is 11.7. The molecule has 3 aromatic carbocycles. The average molecular weight is 284 g/mol. The van der Waals surface area contributed by atoms with E-state index in [0.29, 0.717) is 16.3 Å². The highest BCUT2D eigenvalue weighted by Gasteiger charge is 2.21. The predicted octanol–water partition coefficient (Wildman–Crippen LogP) is 3.35. The van der Waals surface area contributed by atoms with Crippen LogP contribution < -0.4 is 16.2 Å². The van der Waals surface area contributed by atoms with Gasteiger partial charge in [-0.15, -0.1) is 0 Å². The highest BCUT2D eigenvalue weighted by Crippen LogP contribution is 2.26. The molecule has 0 spiro atoms. The van der Waals surface area contributed by atoms with Gasteiger partial charge in [0.15, 0.2) is 0 Å². The first kappa shape index (κ1) is 12.6. The lowest BCUT2D eigenvalue weighted by Gasteiger charge is -2.13. The van der Waals surface area contributed by atoms with Crippen molar-refractivity contribution in [2.75, 3.05) is 5.32 Å². The van der Waals surface area contributed by atoms with Crippen molar-refractivity contribution in [1.82, 2.24) is 0 Å². The minimum atomic E-state index is -0.487. The monoisotopic (exact) mass is 283 g/mol. The van der Waals surface area contributed by atoms with Gasteiger partial charge < -0.3 is 5.32 Å². The van der Waals surface area contributed by atoms with E-state index in [4.69, 9.17) is 11.6 Å². The van der Waals surface area contributed by atoms with Crippen LogP contribution >= 0.6 is 11.6 Å².